The molecule has 2 heteroatoms. The van der Waals surface area contributed by atoms with Crippen molar-refractivity contribution >= 4 is 0 Å². The van der Waals surface area contributed by atoms with Gasteiger partial charge in [0, 0.05) is 19.6 Å². The van der Waals surface area contributed by atoms with E-state index >= 15 is 0 Å². The third kappa shape index (κ3) is 3.30. The zero-order chi connectivity index (χ0) is 12.3. The number of rotatable bonds is 4. The first-order chi connectivity index (χ1) is 8.19. The molecule has 0 aliphatic carbocycles. The Morgan fingerprint density at radius 3 is 2.41 bits per heavy atom. The van der Waals surface area contributed by atoms with E-state index in [1.54, 1.807) is 0 Å². The molecule has 1 aliphatic heterocycles. The molecule has 1 aliphatic rings. The minimum Gasteiger partial charge on any atom is -0.326 e. The van der Waals surface area contributed by atoms with Gasteiger partial charge in [0.25, 0.3) is 0 Å². The summed E-state index contributed by atoms with van der Waals surface area (Å²) < 4.78 is 0. The van der Waals surface area contributed by atoms with Crippen molar-refractivity contribution in [1.82, 2.24) is 4.90 Å². The average Bonchev–Trinajstić information content (AvgIpc) is 2.79. The highest BCUT2D eigenvalue weighted by Crippen LogP contribution is 2.24. The molecule has 0 amide bonds. The van der Waals surface area contributed by atoms with Crippen LogP contribution < -0.4 is 5.73 Å². The molecule has 0 bridgehead atoms. The van der Waals surface area contributed by atoms with E-state index < -0.39 is 0 Å². The second-order valence-electron chi connectivity index (χ2n) is 5.55. The van der Waals surface area contributed by atoms with E-state index in [2.05, 4.69) is 43.0 Å². The first kappa shape index (κ1) is 12.6. The molecule has 1 heterocycles. The summed E-state index contributed by atoms with van der Waals surface area (Å²) >= 11 is 0. The van der Waals surface area contributed by atoms with Gasteiger partial charge in [-0.15, -0.1) is 0 Å². The molecule has 1 fully saturated rings. The van der Waals surface area contributed by atoms with E-state index in [1.807, 2.05) is 0 Å². The lowest BCUT2D eigenvalue weighted by molar-refractivity contribution is 0.297. The van der Waals surface area contributed by atoms with Gasteiger partial charge in [0.05, 0.1) is 0 Å². The molecular weight excluding hydrogens is 208 g/mol. The maximum absolute atomic E-state index is 5.60. The number of nitrogens with zero attached hydrogens (tertiary/aromatic N) is 1. The van der Waals surface area contributed by atoms with Crippen LogP contribution in [0.25, 0.3) is 0 Å². The SMILES string of the molecule is CC(C)C1CCN(Cc2ccc(CN)cc2)C1. The normalized spacial score (nSPS) is 21.3. The summed E-state index contributed by atoms with van der Waals surface area (Å²) in [6.45, 7) is 8.92. The van der Waals surface area contributed by atoms with Crippen molar-refractivity contribution in [2.45, 2.75) is 33.4 Å². The molecule has 1 aromatic rings. The molecule has 2 nitrogen and oxygen atoms in total. The number of hydrogen-bond acceptors (Lipinski definition) is 2. The molecule has 94 valence electrons. The van der Waals surface area contributed by atoms with Crippen molar-refractivity contribution in [3.8, 4) is 0 Å². The van der Waals surface area contributed by atoms with Gasteiger partial charge in [0.1, 0.15) is 0 Å². The molecule has 2 rings (SSSR count). The van der Waals surface area contributed by atoms with Gasteiger partial charge in [-0.25, -0.2) is 0 Å². The van der Waals surface area contributed by atoms with Gasteiger partial charge in [0.2, 0.25) is 0 Å². The quantitative estimate of drug-likeness (QED) is 0.864. The monoisotopic (exact) mass is 232 g/mol. The fourth-order valence-electron chi connectivity index (χ4n) is 2.59. The van der Waals surface area contributed by atoms with Gasteiger partial charge in [0.15, 0.2) is 0 Å². The van der Waals surface area contributed by atoms with Crippen LogP contribution in [0.15, 0.2) is 24.3 Å². The van der Waals surface area contributed by atoms with Crippen molar-refractivity contribution in [2.75, 3.05) is 13.1 Å². The molecule has 1 atom stereocenters. The van der Waals surface area contributed by atoms with E-state index in [-0.39, 0.29) is 0 Å². The highest BCUT2D eigenvalue weighted by molar-refractivity contribution is 5.22. The predicted molar refractivity (Wildman–Crippen MR) is 72.6 cm³/mol. The first-order valence-electron chi connectivity index (χ1n) is 6.69. The van der Waals surface area contributed by atoms with Crippen molar-refractivity contribution in [1.29, 1.82) is 0 Å². The fraction of sp³-hybridized carbons (Fsp3) is 0.600. The summed E-state index contributed by atoms with van der Waals surface area (Å²) in [5.41, 5.74) is 8.23. The zero-order valence-corrected chi connectivity index (χ0v) is 11.0. The van der Waals surface area contributed by atoms with Crippen molar-refractivity contribution in [3.05, 3.63) is 35.4 Å². The van der Waals surface area contributed by atoms with E-state index in [0.717, 1.165) is 18.4 Å². The van der Waals surface area contributed by atoms with E-state index in [4.69, 9.17) is 5.73 Å². The third-order valence-corrected chi connectivity index (χ3v) is 3.92. The molecule has 1 saturated heterocycles. The lowest BCUT2D eigenvalue weighted by Gasteiger charge is -2.18. The van der Waals surface area contributed by atoms with Gasteiger partial charge in [-0.05, 0) is 35.9 Å². The number of benzene rings is 1. The largest absolute Gasteiger partial charge is 0.326 e. The lowest BCUT2D eigenvalue weighted by atomic mass is 9.95. The van der Waals surface area contributed by atoms with Crippen LogP contribution in [0, 0.1) is 11.8 Å². The van der Waals surface area contributed by atoms with Gasteiger partial charge in [-0.3, -0.25) is 4.90 Å². The Morgan fingerprint density at radius 1 is 1.24 bits per heavy atom. The van der Waals surface area contributed by atoms with Crippen LogP contribution in [0.4, 0.5) is 0 Å². The standard InChI is InChI=1S/C15H24N2/c1-12(2)15-7-8-17(11-15)10-14-5-3-13(9-16)4-6-14/h3-6,12,15H,7-11,16H2,1-2H3. The second-order valence-corrected chi connectivity index (χ2v) is 5.55. The molecule has 0 spiro atoms. The second kappa shape index (κ2) is 5.65. The topological polar surface area (TPSA) is 29.3 Å². The smallest absolute Gasteiger partial charge is 0.0233 e. The molecule has 1 unspecified atom stereocenters. The Hall–Kier alpha value is -0.860. The molecule has 0 radical (unpaired) electrons. The molecule has 2 N–H and O–H groups in total. The van der Waals surface area contributed by atoms with E-state index in [0.29, 0.717) is 6.54 Å². The minimum atomic E-state index is 0.638. The third-order valence-electron chi connectivity index (χ3n) is 3.92. The Bertz CT molecular complexity index is 342. The van der Waals surface area contributed by atoms with Crippen LogP contribution in [-0.4, -0.2) is 18.0 Å². The maximum Gasteiger partial charge on any atom is 0.0233 e. The summed E-state index contributed by atoms with van der Waals surface area (Å²) in [5, 5.41) is 0. The summed E-state index contributed by atoms with van der Waals surface area (Å²) in [7, 11) is 0. The average molecular weight is 232 g/mol. The Morgan fingerprint density at radius 2 is 1.88 bits per heavy atom. The lowest BCUT2D eigenvalue weighted by Crippen LogP contribution is -2.21. The van der Waals surface area contributed by atoms with Crippen LogP contribution >= 0.6 is 0 Å². The van der Waals surface area contributed by atoms with Crippen molar-refractivity contribution < 1.29 is 0 Å². The maximum atomic E-state index is 5.60. The van der Waals surface area contributed by atoms with Crippen LogP contribution in [0.2, 0.25) is 0 Å². The van der Waals surface area contributed by atoms with E-state index in [9.17, 15) is 0 Å². The molecule has 0 aromatic heterocycles. The van der Waals surface area contributed by atoms with Crippen LogP contribution in [0.5, 0.6) is 0 Å². The summed E-state index contributed by atoms with van der Waals surface area (Å²) in [6.07, 6.45) is 1.36. The molecule has 0 saturated carbocycles. The van der Waals surface area contributed by atoms with Gasteiger partial charge in [-0.1, -0.05) is 38.1 Å². The van der Waals surface area contributed by atoms with Crippen LogP contribution in [0.3, 0.4) is 0 Å². The summed E-state index contributed by atoms with van der Waals surface area (Å²) in [4.78, 5) is 2.57. The Labute approximate surface area is 105 Å². The van der Waals surface area contributed by atoms with Crippen LogP contribution in [-0.2, 0) is 13.1 Å². The zero-order valence-electron chi connectivity index (χ0n) is 11.0. The van der Waals surface area contributed by atoms with E-state index in [1.165, 1.54) is 30.6 Å². The Balaban J connectivity index is 1.89. The molecule has 17 heavy (non-hydrogen) atoms. The number of likely N-dealkylation sites (tertiary alicyclic amines) is 1. The number of hydrogen-bond donors (Lipinski definition) is 1. The van der Waals surface area contributed by atoms with Crippen molar-refractivity contribution in [2.24, 2.45) is 17.6 Å². The molecule has 1 aromatic carbocycles. The van der Waals surface area contributed by atoms with Gasteiger partial charge >= 0.3 is 0 Å². The highest BCUT2D eigenvalue weighted by Gasteiger charge is 2.24. The predicted octanol–water partition coefficient (Wildman–Crippen LogP) is 2.62. The molecular formula is C15H24N2. The van der Waals surface area contributed by atoms with Gasteiger partial charge < -0.3 is 5.73 Å². The number of nitrogens with two attached hydrogens (primary N) is 1. The summed E-state index contributed by atoms with van der Waals surface area (Å²) in [5.74, 6) is 1.71. The van der Waals surface area contributed by atoms with Crippen LogP contribution in [0.1, 0.15) is 31.4 Å². The summed E-state index contributed by atoms with van der Waals surface area (Å²) in [6, 6.07) is 8.71. The fourth-order valence-corrected chi connectivity index (χ4v) is 2.59. The first-order valence-corrected chi connectivity index (χ1v) is 6.69. The highest BCUT2D eigenvalue weighted by atomic mass is 15.1. The van der Waals surface area contributed by atoms with Gasteiger partial charge in [-0.2, -0.15) is 0 Å². The van der Waals surface area contributed by atoms with Crippen molar-refractivity contribution in [3.63, 3.8) is 0 Å². The Kier molecular flexibility index (Phi) is 4.19. The minimum absolute atomic E-state index is 0.638.